The first-order chi connectivity index (χ1) is 7.63. The van der Waals surface area contributed by atoms with Crippen LogP contribution < -0.4 is 5.73 Å². The molecule has 5 nitrogen and oxygen atoms in total. The fraction of sp³-hybridized carbons (Fsp3) is 0.273. The molecular formula is C11H13N3O2. The molecule has 1 heterocycles. The molecule has 5 heteroatoms. The molecule has 2 aromatic rings. The lowest BCUT2D eigenvalue weighted by Gasteiger charge is -2.01. The highest BCUT2D eigenvalue weighted by Crippen LogP contribution is 2.18. The van der Waals surface area contributed by atoms with Crippen LogP contribution >= 0.6 is 0 Å². The van der Waals surface area contributed by atoms with Gasteiger partial charge in [0, 0.05) is 12.7 Å². The predicted molar refractivity (Wildman–Crippen MR) is 61.1 cm³/mol. The standard InChI is InChI=1S/C11H13N3O2/c1-3-16-11(15)10-13-8-5-4-7(12)6-9(8)14(10)2/h4-6H,3,12H2,1-2H3. The highest BCUT2D eigenvalue weighted by atomic mass is 16.5. The first kappa shape index (κ1) is 10.5. The summed E-state index contributed by atoms with van der Waals surface area (Å²) in [6, 6.07) is 5.32. The monoisotopic (exact) mass is 219 g/mol. The number of carbonyl (C=O) groups excluding carboxylic acids is 1. The molecule has 84 valence electrons. The third kappa shape index (κ3) is 1.60. The van der Waals surface area contributed by atoms with E-state index in [4.69, 9.17) is 10.5 Å². The Morgan fingerprint density at radius 1 is 1.56 bits per heavy atom. The number of nitrogen functional groups attached to an aromatic ring is 1. The lowest BCUT2D eigenvalue weighted by atomic mass is 10.3. The lowest BCUT2D eigenvalue weighted by molar-refractivity contribution is 0.0508. The molecule has 0 atom stereocenters. The zero-order chi connectivity index (χ0) is 11.7. The number of hydrogen-bond donors (Lipinski definition) is 1. The van der Waals surface area contributed by atoms with E-state index in [0.717, 1.165) is 11.0 Å². The fourth-order valence-electron chi connectivity index (χ4n) is 1.59. The van der Waals surface area contributed by atoms with E-state index >= 15 is 0 Å². The maximum absolute atomic E-state index is 11.6. The smallest absolute Gasteiger partial charge is 0.374 e. The first-order valence-electron chi connectivity index (χ1n) is 5.02. The van der Waals surface area contributed by atoms with Crippen molar-refractivity contribution in [2.45, 2.75) is 6.92 Å². The molecule has 16 heavy (non-hydrogen) atoms. The van der Waals surface area contributed by atoms with Crippen molar-refractivity contribution in [3.8, 4) is 0 Å². The van der Waals surface area contributed by atoms with Crippen molar-refractivity contribution >= 4 is 22.7 Å². The number of nitrogens with zero attached hydrogens (tertiary/aromatic N) is 2. The maximum Gasteiger partial charge on any atom is 0.374 e. The molecule has 0 aliphatic rings. The summed E-state index contributed by atoms with van der Waals surface area (Å²) in [5.74, 6) is -0.123. The molecule has 0 fully saturated rings. The normalized spacial score (nSPS) is 10.6. The molecule has 2 rings (SSSR count). The minimum absolute atomic E-state index is 0.294. The Bertz CT molecular complexity index is 545. The van der Waals surface area contributed by atoms with Gasteiger partial charge in [0.15, 0.2) is 0 Å². The SMILES string of the molecule is CCOC(=O)c1nc2ccc(N)cc2n1C. The Morgan fingerprint density at radius 2 is 2.31 bits per heavy atom. The number of imidazole rings is 1. The molecule has 0 amide bonds. The summed E-state index contributed by atoms with van der Waals surface area (Å²) in [4.78, 5) is 15.8. The van der Waals surface area contributed by atoms with E-state index < -0.39 is 5.97 Å². The Labute approximate surface area is 92.8 Å². The number of fused-ring (bicyclic) bond motifs is 1. The minimum Gasteiger partial charge on any atom is -0.460 e. The van der Waals surface area contributed by atoms with E-state index in [-0.39, 0.29) is 0 Å². The second-order valence-electron chi connectivity index (χ2n) is 3.46. The van der Waals surface area contributed by atoms with Gasteiger partial charge in [-0.15, -0.1) is 0 Å². The van der Waals surface area contributed by atoms with E-state index in [0.29, 0.717) is 18.1 Å². The largest absolute Gasteiger partial charge is 0.460 e. The Morgan fingerprint density at radius 3 is 3.00 bits per heavy atom. The highest BCUT2D eigenvalue weighted by Gasteiger charge is 2.16. The number of esters is 1. The van der Waals surface area contributed by atoms with Crippen molar-refractivity contribution in [3.63, 3.8) is 0 Å². The molecular weight excluding hydrogens is 206 g/mol. The van der Waals surface area contributed by atoms with Crippen LogP contribution in [0.15, 0.2) is 18.2 Å². The number of benzene rings is 1. The Kier molecular flexibility index (Phi) is 2.52. The van der Waals surface area contributed by atoms with E-state index in [1.54, 1.807) is 36.7 Å². The van der Waals surface area contributed by atoms with Gasteiger partial charge in [-0.1, -0.05) is 0 Å². The van der Waals surface area contributed by atoms with Gasteiger partial charge in [0.1, 0.15) is 0 Å². The van der Waals surface area contributed by atoms with Crippen LogP contribution in [0.25, 0.3) is 11.0 Å². The molecule has 0 radical (unpaired) electrons. The first-order valence-corrected chi connectivity index (χ1v) is 5.02. The molecule has 0 unspecified atom stereocenters. The topological polar surface area (TPSA) is 70.1 Å². The molecule has 0 bridgehead atoms. The molecule has 1 aromatic heterocycles. The summed E-state index contributed by atoms with van der Waals surface area (Å²) in [6.45, 7) is 2.10. The van der Waals surface area contributed by atoms with Crippen LogP contribution in [0.4, 0.5) is 5.69 Å². The van der Waals surface area contributed by atoms with Crippen molar-refractivity contribution < 1.29 is 9.53 Å². The Balaban J connectivity index is 2.56. The van der Waals surface area contributed by atoms with Gasteiger partial charge in [0.05, 0.1) is 17.6 Å². The van der Waals surface area contributed by atoms with Crippen LogP contribution in [0.1, 0.15) is 17.5 Å². The molecule has 0 aliphatic heterocycles. The van der Waals surface area contributed by atoms with Gasteiger partial charge in [-0.2, -0.15) is 0 Å². The predicted octanol–water partition coefficient (Wildman–Crippen LogP) is 1.33. The molecule has 1 aromatic carbocycles. The van der Waals surface area contributed by atoms with Crippen molar-refractivity contribution in [1.29, 1.82) is 0 Å². The number of ether oxygens (including phenoxy) is 1. The quantitative estimate of drug-likeness (QED) is 0.611. The van der Waals surface area contributed by atoms with Crippen molar-refractivity contribution in [1.82, 2.24) is 9.55 Å². The number of aromatic nitrogens is 2. The molecule has 0 aliphatic carbocycles. The zero-order valence-corrected chi connectivity index (χ0v) is 9.23. The number of rotatable bonds is 2. The number of nitrogens with two attached hydrogens (primary N) is 1. The van der Waals surface area contributed by atoms with Gasteiger partial charge in [0.25, 0.3) is 0 Å². The average Bonchev–Trinajstić information content (AvgIpc) is 2.57. The van der Waals surface area contributed by atoms with Crippen LogP contribution in [0, 0.1) is 0 Å². The highest BCUT2D eigenvalue weighted by molar-refractivity contribution is 5.91. The molecule has 0 saturated carbocycles. The minimum atomic E-state index is -0.417. The number of hydrogen-bond acceptors (Lipinski definition) is 4. The van der Waals surface area contributed by atoms with Crippen LogP contribution in [0.5, 0.6) is 0 Å². The van der Waals surface area contributed by atoms with Gasteiger partial charge < -0.3 is 15.0 Å². The zero-order valence-electron chi connectivity index (χ0n) is 9.23. The van der Waals surface area contributed by atoms with Crippen LogP contribution in [0.3, 0.4) is 0 Å². The number of carbonyl (C=O) groups is 1. The van der Waals surface area contributed by atoms with Gasteiger partial charge >= 0.3 is 5.97 Å². The summed E-state index contributed by atoms with van der Waals surface area (Å²) in [6.07, 6.45) is 0. The van der Waals surface area contributed by atoms with Crippen molar-refractivity contribution in [3.05, 3.63) is 24.0 Å². The van der Waals surface area contributed by atoms with Crippen LogP contribution in [0.2, 0.25) is 0 Å². The van der Waals surface area contributed by atoms with Crippen LogP contribution in [-0.2, 0) is 11.8 Å². The number of aryl methyl sites for hydroxylation is 1. The molecule has 2 N–H and O–H groups in total. The summed E-state index contributed by atoms with van der Waals surface area (Å²) in [7, 11) is 1.76. The summed E-state index contributed by atoms with van der Waals surface area (Å²) in [5.41, 5.74) is 7.88. The third-order valence-corrected chi connectivity index (χ3v) is 2.36. The Hall–Kier alpha value is -2.04. The second-order valence-corrected chi connectivity index (χ2v) is 3.46. The second kappa shape index (κ2) is 3.84. The van der Waals surface area contributed by atoms with Gasteiger partial charge in [0.2, 0.25) is 5.82 Å². The maximum atomic E-state index is 11.6. The van der Waals surface area contributed by atoms with Crippen LogP contribution in [-0.4, -0.2) is 22.1 Å². The third-order valence-electron chi connectivity index (χ3n) is 2.36. The number of anilines is 1. The fourth-order valence-corrected chi connectivity index (χ4v) is 1.59. The van der Waals surface area contributed by atoms with E-state index in [2.05, 4.69) is 4.98 Å². The lowest BCUT2D eigenvalue weighted by Crippen LogP contribution is -2.11. The molecule has 0 spiro atoms. The summed E-state index contributed by atoms with van der Waals surface area (Å²) < 4.78 is 6.60. The van der Waals surface area contributed by atoms with E-state index in [1.165, 1.54) is 0 Å². The van der Waals surface area contributed by atoms with E-state index in [9.17, 15) is 4.79 Å². The summed E-state index contributed by atoms with van der Waals surface area (Å²) >= 11 is 0. The van der Waals surface area contributed by atoms with Crippen molar-refractivity contribution in [2.75, 3.05) is 12.3 Å². The van der Waals surface area contributed by atoms with Crippen molar-refractivity contribution in [2.24, 2.45) is 7.05 Å². The summed E-state index contributed by atoms with van der Waals surface area (Å²) in [5, 5.41) is 0. The molecule has 0 saturated heterocycles. The van der Waals surface area contributed by atoms with Gasteiger partial charge in [-0.25, -0.2) is 9.78 Å². The van der Waals surface area contributed by atoms with Gasteiger partial charge in [-0.3, -0.25) is 0 Å². The average molecular weight is 219 g/mol. The van der Waals surface area contributed by atoms with E-state index in [1.807, 2.05) is 0 Å². The van der Waals surface area contributed by atoms with Gasteiger partial charge in [-0.05, 0) is 25.1 Å².